The third-order valence-corrected chi connectivity index (χ3v) is 8.31. The summed E-state index contributed by atoms with van der Waals surface area (Å²) in [7, 11) is 0. The first-order chi connectivity index (χ1) is 18.7. The fourth-order valence-corrected chi connectivity index (χ4v) is 5.58. The maximum Gasteiger partial charge on any atom is 0.306 e. The summed E-state index contributed by atoms with van der Waals surface area (Å²) in [5.41, 5.74) is 0. The van der Waals surface area contributed by atoms with Crippen LogP contribution in [0, 0.1) is 0 Å². The number of hydrogen-bond donors (Lipinski definition) is 1. The highest BCUT2D eigenvalue weighted by Gasteiger charge is 2.14. The van der Waals surface area contributed by atoms with Gasteiger partial charge in [-0.05, 0) is 76.8 Å². The van der Waals surface area contributed by atoms with E-state index in [2.05, 4.69) is 38.3 Å². The molecule has 0 heterocycles. The SMILES string of the molecule is CCCCCCCCC(CCCCCCCC)OC(=O)CCCCCCCN(CC)CCCCCCCS. The summed E-state index contributed by atoms with van der Waals surface area (Å²) in [6.45, 7) is 10.5. The zero-order chi connectivity index (χ0) is 27.9. The van der Waals surface area contributed by atoms with Gasteiger partial charge in [-0.3, -0.25) is 4.79 Å². The fourth-order valence-electron chi connectivity index (χ4n) is 5.35. The highest BCUT2D eigenvalue weighted by Crippen LogP contribution is 2.18. The minimum atomic E-state index is 0.0542. The maximum absolute atomic E-state index is 12.6. The van der Waals surface area contributed by atoms with Crippen LogP contribution in [0.1, 0.15) is 181 Å². The molecule has 0 aromatic rings. The van der Waals surface area contributed by atoms with E-state index in [1.165, 1.54) is 148 Å². The Morgan fingerprint density at radius 3 is 1.47 bits per heavy atom. The molecule has 0 amide bonds. The van der Waals surface area contributed by atoms with E-state index in [1.54, 1.807) is 0 Å². The van der Waals surface area contributed by atoms with Crippen molar-refractivity contribution in [3.8, 4) is 0 Å². The Bertz CT molecular complexity index is 457. The van der Waals surface area contributed by atoms with Crippen LogP contribution in [0.25, 0.3) is 0 Å². The van der Waals surface area contributed by atoms with Crippen molar-refractivity contribution in [1.82, 2.24) is 4.90 Å². The first-order valence-electron chi connectivity index (χ1n) is 17.2. The molecule has 0 aliphatic carbocycles. The number of ether oxygens (including phenoxy) is 1. The van der Waals surface area contributed by atoms with E-state index < -0.39 is 0 Å². The molecule has 0 N–H and O–H groups in total. The van der Waals surface area contributed by atoms with E-state index in [0.29, 0.717) is 6.42 Å². The molecule has 0 radical (unpaired) electrons. The van der Waals surface area contributed by atoms with Crippen molar-refractivity contribution >= 4 is 18.6 Å². The Morgan fingerprint density at radius 1 is 0.579 bits per heavy atom. The zero-order valence-electron chi connectivity index (χ0n) is 26.3. The molecule has 0 saturated heterocycles. The number of hydrogen-bond acceptors (Lipinski definition) is 4. The Morgan fingerprint density at radius 2 is 1.00 bits per heavy atom. The van der Waals surface area contributed by atoms with Gasteiger partial charge < -0.3 is 9.64 Å². The van der Waals surface area contributed by atoms with Crippen molar-refractivity contribution in [3.05, 3.63) is 0 Å². The van der Waals surface area contributed by atoms with Gasteiger partial charge in [-0.1, -0.05) is 124 Å². The van der Waals surface area contributed by atoms with E-state index in [1.807, 2.05) is 0 Å². The summed E-state index contributed by atoms with van der Waals surface area (Å²) in [5, 5.41) is 0. The van der Waals surface area contributed by atoms with Gasteiger partial charge in [0.05, 0.1) is 0 Å². The number of esters is 1. The third kappa shape index (κ3) is 27.4. The third-order valence-electron chi connectivity index (χ3n) is 7.99. The molecule has 38 heavy (non-hydrogen) atoms. The van der Waals surface area contributed by atoms with Crippen molar-refractivity contribution in [3.63, 3.8) is 0 Å². The van der Waals surface area contributed by atoms with Crippen LogP contribution in [-0.2, 0) is 9.53 Å². The van der Waals surface area contributed by atoms with Crippen LogP contribution in [0.15, 0.2) is 0 Å². The molecule has 0 atom stereocenters. The number of nitrogens with zero attached hydrogens (tertiary/aromatic N) is 1. The lowest BCUT2D eigenvalue weighted by atomic mass is 10.0. The fraction of sp³-hybridized carbons (Fsp3) is 0.971. The topological polar surface area (TPSA) is 29.5 Å². The smallest absolute Gasteiger partial charge is 0.306 e. The molecule has 0 bridgehead atoms. The number of thiol groups is 1. The predicted octanol–water partition coefficient (Wildman–Crippen LogP) is 10.9. The molecule has 0 unspecified atom stereocenters. The van der Waals surface area contributed by atoms with E-state index >= 15 is 0 Å². The zero-order valence-corrected chi connectivity index (χ0v) is 27.2. The van der Waals surface area contributed by atoms with Crippen LogP contribution in [0.3, 0.4) is 0 Å². The van der Waals surface area contributed by atoms with Crippen LogP contribution in [0.5, 0.6) is 0 Å². The van der Waals surface area contributed by atoms with E-state index in [4.69, 9.17) is 4.74 Å². The van der Waals surface area contributed by atoms with Crippen molar-refractivity contribution < 1.29 is 9.53 Å². The maximum atomic E-state index is 12.6. The van der Waals surface area contributed by atoms with Gasteiger partial charge in [-0.25, -0.2) is 0 Å². The molecule has 0 rings (SSSR count). The minimum absolute atomic E-state index is 0.0542. The van der Waals surface area contributed by atoms with E-state index in [9.17, 15) is 4.79 Å². The average molecular weight is 556 g/mol. The van der Waals surface area contributed by atoms with Crippen LogP contribution in [0.4, 0.5) is 0 Å². The van der Waals surface area contributed by atoms with Gasteiger partial charge in [-0.2, -0.15) is 12.6 Å². The lowest BCUT2D eigenvalue weighted by Gasteiger charge is -2.20. The molecule has 0 aliphatic heterocycles. The molecule has 0 aromatic carbocycles. The molecule has 0 aliphatic rings. The number of unbranched alkanes of at least 4 members (excludes halogenated alkanes) is 18. The van der Waals surface area contributed by atoms with Gasteiger partial charge in [0, 0.05) is 6.42 Å². The van der Waals surface area contributed by atoms with Crippen LogP contribution in [-0.4, -0.2) is 42.4 Å². The molecule has 4 heteroatoms. The van der Waals surface area contributed by atoms with Gasteiger partial charge >= 0.3 is 5.97 Å². The Hall–Kier alpha value is -0.220. The first-order valence-corrected chi connectivity index (χ1v) is 17.8. The Balaban J connectivity index is 3.97. The monoisotopic (exact) mass is 556 g/mol. The molecule has 0 aromatic heterocycles. The summed E-state index contributed by atoms with van der Waals surface area (Å²) in [6, 6.07) is 0. The normalized spacial score (nSPS) is 11.6. The van der Waals surface area contributed by atoms with Gasteiger partial charge in [-0.15, -0.1) is 0 Å². The highest BCUT2D eigenvalue weighted by molar-refractivity contribution is 7.80. The second kappa shape index (κ2) is 31.3. The van der Waals surface area contributed by atoms with Crippen molar-refractivity contribution in [2.45, 2.75) is 187 Å². The second-order valence-corrected chi connectivity index (χ2v) is 12.1. The van der Waals surface area contributed by atoms with E-state index in [0.717, 1.165) is 31.4 Å². The van der Waals surface area contributed by atoms with Gasteiger partial charge in [0.25, 0.3) is 0 Å². The number of carbonyl (C=O) groups excluding carboxylic acids is 1. The first kappa shape index (κ1) is 37.8. The number of carbonyl (C=O) groups is 1. The van der Waals surface area contributed by atoms with E-state index in [-0.39, 0.29) is 12.1 Å². The van der Waals surface area contributed by atoms with Crippen molar-refractivity contribution in [2.75, 3.05) is 25.4 Å². The molecule has 228 valence electrons. The lowest BCUT2D eigenvalue weighted by Crippen LogP contribution is -2.25. The number of rotatable bonds is 31. The Labute approximate surface area is 245 Å². The second-order valence-electron chi connectivity index (χ2n) is 11.7. The molecular weight excluding hydrogens is 486 g/mol. The predicted molar refractivity (Wildman–Crippen MR) is 173 cm³/mol. The average Bonchev–Trinajstić information content (AvgIpc) is 2.92. The van der Waals surface area contributed by atoms with Gasteiger partial charge in [0.15, 0.2) is 0 Å². The molecule has 3 nitrogen and oxygen atoms in total. The minimum Gasteiger partial charge on any atom is -0.462 e. The Kier molecular flexibility index (Phi) is 31.1. The molecule has 0 saturated carbocycles. The summed E-state index contributed by atoms with van der Waals surface area (Å²) in [6.07, 6.45) is 31.2. The van der Waals surface area contributed by atoms with Crippen LogP contribution < -0.4 is 0 Å². The summed E-state index contributed by atoms with van der Waals surface area (Å²) in [5.74, 6) is 1.08. The largest absolute Gasteiger partial charge is 0.462 e. The summed E-state index contributed by atoms with van der Waals surface area (Å²) in [4.78, 5) is 15.2. The molecular formula is C34H69NO2S. The van der Waals surface area contributed by atoms with Crippen LogP contribution >= 0.6 is 12.6 Å². The molecule has 0 spiro atoms. The highest BCUT2D eigenvalue weighted by atomic mass is 32.1. The molecule has 0 fully saturated rings. The lowest BCUT2D eigenvalue weighted by molar-refractivity contribution is -0.150. The van der Waals surface area contributed by atoms with Gasteiger partial charge in [0.1, 0.15) is 6.10 Å². The summed E-state index contributed by atoms with van der Waals surface area (Å²) >= 11 is 4.30. The van der Waals surface area contributed by atoms with Crippen molar-refractivity contribution in [1.29, 1.82) is 0 Å². The van der Waals surface area contributed by atoms with Crippen LogP contribution in [0.2, 0.25) is 0 Å². The summed E-state index contributed by atoms with van der Waals surface area (Å²) < 4.78 is 6.00. The van der Waals surface area contributed by atoms with Gasteiger partial charge in [0.2, 0.25) is 0 Å². The standard InChI is InChI=1S/C34H69NO2S/c1-4-7-9-11-15-21-27-33(28-22-16-12-10-8-5-2)37-34(36)29-23-17-13-18-24-30-35(6-3)31-25-19-14-20-26-32-38/h33,38H,4-32H2,1-3H3. The van der Waals surface area contributed by atoms with Crippen molar-refractivity contribution in [2.24, 2.45) is 0 Å². The quantitative estimate of drug-likeness (QED) is 0.0524.